The van der Waals surface area contributed by atoms with Gasteiger partial charge < -0.3 is 20.3 Å². The molecular formula is C15H22N4O2. The highest BCUT2D eigenvalue weighted by molar-refractivity contribution is 5.86. The predicted molar refractivity (Wildman–Crippen MR) is 81.5 cm³/mol. The van der Waals surface area contributed by atoms with Gasteiger partial charge in [-0.3, -0.25) is 4.79 Å². The first-order valence-electron chi connectivity index (χ1n) is 7.62. The van der Waals surface area contributed by atoms with Crippen molar-refractivity contribution in [3.63, 3.8) is 0 Å². The average molecular weight is 290 g/mol. The third-order valence-electron chi connectivity index (χ3n) is 3.79. The number of ether oxygens (including phenoxy) is 1. The van der Waals surface area contributed by atoms with E-state index < -0.39 is 0 Å². The summed E-state index contributed by atoms with van der Waals surface area (Å²) in [7, 11) is 0. The zero-order chi connectivity index (χ0) is 14.7. The number of hydrogen-bond acceptors (Lipinski definition) is 5. The molecule has 2 N–H and O–H groups in total. The van der Waals surface area contributed by atoms with Gasteiger partial charge in [-0.1, -0.05) is 0 Å². The maximum Gasteiger partial charge on any atom is 0.245 e. The molecular weight excluding hydrogens is 268 g/mol. The highest BCUT2D eigenvalue weighted by Crippen LogP contribution is 2.24. The predicted octanol–water partition coefficient (Wildman–Crippen LogP) is 0.997. The molecule has 2 aliphatic rings. The Labute approximate surface area is 124 Å². The molecule has 1 unspecified atom stereocenters. The molecule has 2 heterocycles. The van der Waals surface area contributed by atoms with Crippen molar-refractivity contribution in [2.45, 2.75) is 31.8 Å². The van der Waals surface area contributed by atoms with E-state index in [0.717, 1.165) is 37.4 Å². The van der Waals surface area contributed by atoms with Gasteiger partial charge in [0, 0.05) is 37.1 Å². The Balaban J connectivity index is 1.76. The number of rotatable bonds is 5. The summed E-state index contributed by atoms with van der Waals surface area (Å²) in [5, 5.41) is 6.27. The summed E-state index contributed by atoms with van der Waals surface area (Å²) >= 11 is 0. The Morgan fingerprint density at radius 3 is 3.14 bits per heavy atom. The van der Waals surface area contributed by atoms with Crippen molar-refractivity contribution in [1.29, 1.82) is 0 Å². The van der Waals surface area contributed by atoms with Gasteiger partial charge in [0.25, 0.3) is 0 Å². The van der Waals surface area contributed by atoms with Gasteiger partial charge in [0.05, 0.1) is 13.2 Å². The second-order valence-corrected chi connectivity index (χ2v) is 5.50. The molecule has 2 fully saturated rings. The number of amides is 1. The first-order chi connectivity index (χ1) is 10.3. The van der Waals surface area contributed by atoms with E-state index in [1.807, 2.05) is 19.1 Å². The van der Waals surface area contributed by atoms with E-state index in [2.05, 4.69) is 20.5 Å². The van der Waals surface area contributed by atoms with Gasteiger partial charge in [0.1, 0.15) is 11.9 Å². The molecule has 1 aliphatic heterocycles. The minimum Gasteiger partial charge on any atom is -0.377 e. The third-order valence-corrected chi connectivity index (χ3v) is 3.79. The molecule has 1 saturated carbocycles. The Bertz CT molecular complexity index is 504. The smallest absolute Gasteiger partial charge is 0.245 e. The molecule has 0 aromatic carbocycles. The molecule has 6 nitrogen and oxygen atoms in total. The van der Waals surface area contributed by atoms with Crippen LogP contribution >= 0.6 is 0 Å². The summed E-state index contributed by atoms with van der Waals surface area (Å²) in [4.78, 5) is 18.8. The van der Waals surface area contributed by atoms with Crippen LogP contribution in [0.25, 0.3) is 0 Å². The lowest BCUT2D eigenvalue weighted by Gasteiger charge is -2.36. The Morgan fingerprint density at radius 1 is 1.52 bits per heavy atom. The quantitative estimate of drug-likeness (QED) is 0.847. The second kappa shape index (κ2) is 6.30. The number of nitrogens with one attached hydrogen (secondary N) is 2. The van der Waals surface area contributed by atoms with E-state index >= 15 is 0 Å². The van der Waals surface area contributed by atoms with Crippen LogP contribution in [0.2, 0.25) is 0 Å². The lowest BCUT2D eigenvalue weighted by atomic mass is 10.2. The monoisotopic (exact) mass is 290 g/mol. The van der Waals surface area contributed by atoms with Crippen LogP contribution in [0.5, 0.6) is 0 Å². The molecule has 1 aromatic heterocycles. The van der Waals surface area contributed by atoms with E-state index in [9.17, 15) is 4.79 Å². The minimum absolute atomic E-state index is 0.0685. The number of carbonyl (C=O) groups is 1. The second-order valence-electron chi connectivity index (χ2n) is 5.50. The summed E-state index contributed by atoms with van der Waals surface area (Å²) in [5.74, 6) is 0.904. The van der Waals surface area contributed by atoms with Gasteiger partial charge in [0.15, 0.2) is 0 Å². The highest BCUT2D eigenvalue weighted by Gasteiger charge is 2.33. The standard InChI is InChI=1S/C15H22N4O2/c1-2-16-14-9-12(5-6-17-14)19-7-8-21-10-13(19)15(20)18-11-3-4-11/h5-6,9,11,13H,2-4,7-8,10H2,1H3,(H,16,17)(H,18,20). The number of hydrogen-bond donors (Lipinski definition) is 2. The van der Waals surface area contributed by atoms with Crippen LogP contribution in [0.1, 0.15) is 19.8 Å². The van der Waals surface area contributed by atoms with Gasteiger partial charge in [0.2, 0.25) is 5.91 Å². The summed E-state index contributed by atoms with van der Waals surface area (Å²) in [6.45, 7) is 4.67. The lowest BCUT2D eigenvalue weighted by Crippen LogP contribution is -2.54. The number of pyridine rings is 1. The molecule has 0 spiro atoms. The molecule has 6 heteroatoms. The fourth-order valence-electron chi connectivity index (χ4n) is 2.53. The van der Waals surface area contributed by atoms with E-state index in [4.69, 9.17) is 4.74 Å². The summed E-state index contributed by atoms with van der Waals surface area (Å²) in [5.41, 5.74) is 1.01. The van der Waals surface area contributed by atoms with Crippen molar-refractivity contribution in [3.05, 3.63) is 18.3 Å². The van der Waals surface area contributed by atoms with Crippen LogP contribution in [0.3, 0.4) is 0 Å². The fraction of sp³-hybridized carbons (Fsp3) is 0.600. The molecule has 114 valence electrons. The first kappa shape index (κ1) is 14.1. The number of nitrogens with zero attached hydrogens (tertiary/aromatic N) is 2. The van der Waals surface area contributed by atoms with Crippen LogP contribution in [0.4, 0.5) is 11.5 Å². The van der Waals surface area contributed by atoms with Gasteiger partial charge >= 0.3 is 0 Å². The molecule has 1 aromatic rings. The maximum atomic E-state index is 12.4. The van der Waals surface area contributed by atoms with Crippen molar-refractivity contribution in [2.75, 3.05) is 36.5 Å². The van der Waals surface area contributed by atoms with Crippen LogP contribution < -0.4 is 15.5 Å². The molecule has 3 rings (SSSR count). The van der Waals surface area contributed by atoms with Gasteiger partial charge in [-0.15, -0.1) is 0 Å². The topological polar surface area (TPSA) is 66.5 Å². The maximum absolute atomic E-state index is 12.4. The molecule has 21 heavy (non-hydrogen) atoms. The lowest BCUT2D eigenvalue weighted by molar-refractivity contribution is -0.124. The minimum atomic E-state index is -0.253. The van der Waals surface area contributed by atoms with Gasteiger partial charge in [-0.05, 0) is 25.8 Å². The fourth-order valence-corrected chi connectivity index (χ4v) is 2.53. The van der Waals surface area contributed by atoms with Crippen molar-refractivity contribution in [1.82, 2.24) is 10.3 Å². The first-order valence-corrected chi connectivity index (χ1v) is 7.62. The van der Waals surface area contributed by atoms with E-state index in [1.165, 1.54) is 0 Å². The van der Waals surface area contributed by atoms with Crippen molar-refractivity contribution < 1.29 is 9.53 Å². The van der Waals surface area contributed by atoms with Crippen molar-refractivity contribution in [3.8, 4) is 0 Å². The number of carbonyl (C=O) groups excluding carboxylic acids is 1. The average Bonchev–Trinajstić information content (AvgIpc) is 3.32. The number of aromatic nitrogens is 1. The third kappa shape index (κ3) is 3.44. The normalized spacial score (nSPS) is 22.0. The summed E-state index contributed by atoms with van der Waals surface area (Å²) in [6, 6.07) is 4.06. The largest absolute Gasteiger partial charge is 0.377 e. The molecule has 0 radical (unpaired) electrons. The van der Waals surface area contributed by atoms with Crippen molar-refractivity contribution in [2.24, 2.45) is 0 Å². The molecule has 0 bridgehead atoms. The number of morpholine rings is 1. The Kier molecular flexibility index (Phi) is 4.24. The number of anilines is 2. The van der Waals surface area contributed by atoms with Crippen LogP contribution in [0.15, 0.2) is 18.3 Å². The SMILES string of the molecule is CCNc1cc(N2CCOCC2C(=O)NC2CC2)ccn1. The summed E-state index contributed by atoms with van der Waals surface area (Å²) < 4.78 is 5.50. The van der Waals surface area contributed by atoms with Gasteiger partial charge in [-0.2, -0.15) is 0 Å². The molecule has 1 amide bonds. The van der Waals surface area contributed by atoms with Crippen molar-refractivity contribution >= 4 is 17.4 Å². The Hall–Kier alpha value is -1.82. The Morgan fingerprint density at radius 2 is 2.38 bits per heavy atom. The van der Waals surface area contributed by atoms with Crippen LogP contribution in [-0.2, 0) is 9.53 Å². The van der Waals surface area contributed by atoms with E-state index in [1.54, 1.807) is 6.20 Å². The van der Waals surface area contributed by atoms with E-state index in [-0.39, 0.29) is 11.9 Å². The molecule has 1 saturated heterocycles. The zero-order valence-electron chi connectivity index (χ0n) is 12.3. The summed E-state index contributed by atoms with van der Waals surface area (Å²) in [6.07, 6.45) is 3.97. The van der Waals surface area contributed by atoms with Crippen LogP contribution in [0, 0.1) is 0 Å². The van der Waals surface area contributed by atoms with Crippen LogP contribution in [-0.4, -0.2) is 49.3 Å². The highest BCUT2D eigenvalue weighted by atomic mass is 16.5. The van der Waals surface area contributed by atoms with E-state index in [0.29, 0.717) is 19.3 Å². The van der Waals surface area contributed by atoms with Gasteiger partial charge in [-0.25, -0.2) is 4.98 Å². The molecule has 1 aliphatic carbocycles. The zero-order valence-corrected chi connectivity index (χ0v) is 12.3. The molecule has 1 atom stereocenters.